The molecule has 0 aromatic heterocycles. The molecule has 0 aliphatic rings. The zero-order valence-corrected chi connectivity index (χ0v) is 9.21. The predicted molar refractivity (Wildman–Crippen MR) is 59.9 cm³/mol. The molecule has 0 unspecified atom stereocenters. The van der Waals surface area contributed by atoms with Crippen molar-refractivity contribution in [1.29, 1.82) is 0 Å². The maximum Gasteiger partial charge on any atom is 0.219 e. The molecule has 0 aliphatic carbocycles. The van der Waals surface area contributed by atoms with Crippen LogP contribution < -0.4 is 5.32 Å². The molecule has 78 valence electrons. The predicted octanol–water partition coefficient (Wildman–Crippen LogP) is 2.74. The van der Waals surface area contributed by atoms with Crippen molar-refractivity contribution in [2.75, 3.05) is 0 Å². The zero-order chi connectivity index (χ0) is 10.8. The second-order valence-electron chi connectivity index (χ2n) is 2.62. The summed E-state index contributed by atoms with van der Waals surface area (Å²) in [6.07, 6.45) is 0.548. The highest BCUT2D eigenvalue weighted by atomic mass is 16.1. The normalized spacial score (nSPS) is 8.50. The lowest BCUT2D eigenvalue weighted by molar-refractivity contribution is -0.120. The van der Waals surface area contributed by atoms with Gasteiger partial charge in [-0.05, 0) is 5.56 Å². The fraction of sp³-hybridized carbons (Fsp3) is 0.417. The van der Waals surface area contributed by atoms with E-state index in [1.807, 2.05) is 51.1 Å². The van der Waals surface area contributed by atoms with Crippen molar-refractivity contribution in [3.05, 3.63) is 35.9 Å². The first kappa shape index (κ1) is 12.7. The van der Waals surface area contributed by atoms with Gasteiger partial charge in [-0.15, -0.1) is 0 Å². The van der Waals surface area contributed by atoms with Gasteiger partial charge >= 0.3 is 0 Å². The minimum atomic E-state index is 0.0962. The Kier molecular flexibility index (Phi) is 7.52. The van der Waals surface area contributed by atoms with Gasteiger partial charge in [0.05, 0.1) is 0 Å². The summed E-state index contributed by atoms with van der Waals surface area (Å²) in [7, 11) is 0. The third-order valence-electron chi connectivity index (χ3n) is 1.65. The molecule has 2 heteroatoms. The number of benzene rings is 1. The van der Waals surface area contributed by atoms with Crippen LogP contribution in [0.4, 0.5) is 0 Å². The average molecular weight is 193 g/mol. The van der Waals surface area contributed by atoms with Gasteiger partial charge < -0.3 is 5.32 Å². The minimum Gasteiger partial charge on any atom is -0.352 e. The van der Waals surface area contributed by atoms with E-state index in [-0.39, 0.29) is 5.91 Å². The molecule has 2 nitrogen and oxygen atoms in total. The molecule has 1 N–H and O–H groups in total. The molecule has 0 saturated carbocycles. The maximum absolute atomic E-state index is 10.9. The molecule has 1 aromatic carbocycles. The Labute approximate surface area is 86.3 Å². The molecular weight excluding hydrogens is 174 g/mol. The van der Waals surface area contributed by atoms with Crippen molar-refractivity contribution < 1.29 is 4.79 Å². The molecule has 0 aliphatic heterocycles. The van der Waals surface area contributed by atoms with E-state index < -0.39 is 0 Å². The van der Waals surface area contributed by atoms with E-state index in [2.05, 4.69) is 5.32 Å². The SMILES string of the molecule is CC.CCC(=O)NCc1ccccc1. The standard InChI is InChI=1S/C10H13NO.C2H6/c1-2-10(12)11-8-9-6-4-3-5-7-9;1-2/h3-7H,2,8H2,1H3,(H,11,12);1-2H3. The van der Waals surface area contributed by atoms with Crippen LogP contribution in [0.5, 0.6) is 0 Å². The zero-order valence-electron chi connectivity index (χ0n) is 9.21. The van der Waals surface area contributed by atoms with Crippen LogP contribution >= 0.6 is 0 Å². The summed E-state index contributed by atoms with van der Waals surface area (Å²) in [5.74, 6) is 0.0962. The Bertz CT molecular complexity index is 244. The smallest absolute Gasteiger partial charge is 0.219 e. The molecule has 0 fully saturated rings. The summed E-state index contributed by atoms with van der Waals surface area (Å²) < 4.78 is 0. The van der Waals surface area contributed by atoms with Gasteiger partial charge in [-0.1, -0.05) is 51.1 Å². The van der Waals surface area contributed by atoms with Gasteiger partial charge in [-0.25, -0.2) is 0 Å². The molecular formula is C12H19NO. The van der Waals surface area contributed by atoms with E-state index in [9.17, 15) is 4.79 Å². The van der Waals surface area contributed by atoms with Crippen molar-refractivity contribution in [3.63, 3.8) is 0 Å². The van der Waals surface area contributed by atoms with Gasteiger partial charge in [0, 0.05) is 13.0 Å². The van der Waals surface area contributed by atoms with E-state index in [1.54, 1.807) is 0 Å². The molecule has 1 rings (SSSR count). The Morgan fingerprint density at radius 3 is 2.29 bits per heavy atom. The summed E-state index contributed by atoms with van der Waals surface area (Å²) in [4.78, 5) is 10.9. The molecule has 0 atom stereocenters. The van der Waals surface area contributed by atoms with Crippen LogP contribution in [-0.4, -0.2) is 5.91 Å². The topological polar surface area (TPSA) is 29.1 Å². The van der Waals surface area contributed by atoms with Crippen LogP contribution in [0.15, 0.2) is 30.3 Å². The van der Waals surface area contributed by atoms with Crippen LogP contribution in [0.25, 0.3) is 0 Å². The van der Waals surface area contributed by atoms with Crippen LogP contribution in [0, 0.1) is 0 Å². The highest BCUT2D eigenvalue weighted by Gasteiger charge is 1.95. The van der Waals surface area contributed by atoms with Crippen LogP contribution in [-0.2, 0) is 11.3 Å². The minimum absolute atomic E-state index is 0.0962. The Morgan fingerprint density at radius 2 is 1.79 bits per heavy atom. The molecule has 0 radical (unpaired) electrons. The van der Waals surface area contributed by atoms with Gasteiger partial charge in [0.1, 0.15) is 0 Å². The Balaban J connectivity index is 0.000000791. The fourth-order valence-electron chi connectivity index (χ4n) is 0.922. The molecule has 0 heterocycles. The summed E-state index contributed by atoms with van der Waals surface area (Å²) in [6, 6.07) is 9.89. The molecule has 1 aromatic rings. The summed E-state index contributed by atoms with van der Waals surface area (Å²) in [5, 5.41) is 2.81. The maximum atomic E-state index is 10.9. The third-order valence-corrected chi connectivity index (χ3v) is 1.65. The first-order valence-corrected chi connectivity index (χ1v) is 5.13. The van der Waals surface area contributed by atoms with Gasteiger partial charge in [0.25, 0.3) is 0 Å². The Hall–Kier alpha value is -1.31. The average Bonchev–Trinajstić information content (AvgIpc) is 2.30. The number of carbonyl (C=O) groups is 1. The molecule has 14 heavy (non-hydrogen) atoms. The van der Waals surface area contributed by atoms with E-state index >= 15 is 0 Å². The quantitative estimate of drug-likeness (QED) is 0.785. The number of nitrogens with one attached hydrogen (secondary N) is 1. The second-order valence-corrected chi connectivity index (χ2v) is 2.62. The lowest BCUT2D eigenvalue weighted by Crippen LogP contribution is -2.21. The van der Waals surface area contributed by atoms with Crippen LogP contribution in [0.1, 0.15) is 32.8 Å². The van der Waals surface area contributed by atoms with Crippen LogP contribution in [0.3, 0.4) is 0 Å². The number of rotatable bonds is 3. The summed E-state index contributed by atoms with van der Waals surface area (Å²) in [5.41, 5.74) is 1.14. The third kappa shape index (κ3) is 5.36. The number of hydrogen-bond donors (Lipinski definition) is 1. The lowest BCUT2D eigenvalue weighted by atomic mass is 10.2. The monoisotopic (exact) mass is 193 g/mol. The van der Waals surface area contributed by atoms with Gasteiger partial charge in [0.2, 0.25) is 5.91 Å². The van der Waals surface area contributed by atoms with Crippen molar-refractivity contribution >= 4 is 5.91 Å². The first-order valence-electron chi connectivity index (χ1n) is 5.13. The van der Waals surface area contributed by atoms with Crippen molar-refractivity contribution in [1.82, 2.24) is 5.32 Å². The summed E-state index contributed by atoms with van der Waals surface area (Å²) in [6.45, 7) is 6.48. The highest BCUT2D eigenvalue weighted by molar-refractivity contribution is 5.75. The number of hydrogen-bond acceptors (Lipinski definition) is 1. The number of carbonyl (C=O) groups excluding carboxylic acids is 1. The van der Waals surface area contributed by atoms with E-state index in [4.69, 9.17) is 0 Å². The molecule has 0 saturated heterocycles. The van der Waals surface area contributed by atoms with E-state index in [0.717, 1.165) is 5.56 Å². The molecule has 1 amide bonds. The second kappa shape index (κ2) is 8.30. The first-order chi connectivity index (χ1) is 6.83. The molecule has 0 spiro atoms. The van der Waals surface area contributed by atoms with Gasteiger partial charge in [-0.2, -0.15) is 0 Å². The fourth-order valence-corrected chi connectivity index (χ4v) is 0.922. The molecule has 0 bridgehead atoms. The van der Waals surface area contributed by atoms with Crippen molar-refractivity contribution in [3.8, 4) is 0 Å². The lowest BCUT2D eigenvalue weighted by Gasteiger charge is -2.02. The van der Waals surface area contributed by atoms with Crippen molar-refractivity contribution in [2.45, 2.75) is 33.7 Å². The highest BCUT2D eigenvalue weighted by Crippen LogP contribution is 1.96. The van der Waals surface area contributed by atoms with E-state index in [0.29, 0.717) is 13.0 Å². The van der Waals surface area contributed by atoms with Crippen molar-refractivity contribution in [2.24, 2.45) is 0 Å². The largest absolute Gasteiger partial charge is 0.352 e. The number of amides is 1. The van der Waals surface area contributed by atoms with Gasteiger partial charge in [-0.3, -0.25) is 4.79 Å². The van der Waals surface area contributed by atoms with E-state index in [1.165, 1.54) is 0 Å². The Morgan fingerprint density at radius 1 is 1.21 bits per heavy atom. The van der Waals surface area contributed by atoms with Gasteiger partial charge in [0.15, 0.2) is 0 Å². The summed E-state index contributed by atoms with van der Waals surface area (Å²) >= 11 is 0. The van der Waals surface area contributed by atoms with Crippen LogP contribution in [0.2, 0.25) is 0 Å².